The number of hydrogen-bond donors (Lipinski definition) is 1. The monoisotopic (exact) mass is 337 g/mol. The van der Waals surface area contributed by atoms with Crippen LogP contribution in [0, 0.1) is 6.92 Å². The number of benzene rings is 2. The molecule has 124 valence electrons. The lowest BCUT2D eigenvalue weighted by Gasteiger charge is -2.14. The predicted octanol–water partition coefficient (Wildman–Crippen LogP) is 2.82. The van der Waals surface area contributed by atoms with Gasteiger partial charge >= 0.3 is 0 Å². The van der Waals surface area contributed by atoms with Gasteiger partial charge in [-0.05, 0) is 30.7 Å². The Morgan fingerprint density at radius 2 is 1.57 bits per heavy atom. The van der Waals surface area contributed by atoms with Crippen molar-refractivity contribution in [2.24, 2.45) is 0 Å². The predicted molar refractivity (Wildman–Crippen MR) is 88.1 cm³/mol. The maximum absolute atomic E-state index is 12.6. The van der Waals surface area contributed by atoms with Crippen LogP contribution in [0.5, 0.6) is 17.2 Å². The standard InChI is InChI=1S/C16H19NO5S/c1-11-8-14(21-3)15(22-4)10-16(11)23(18,19)17-12-6-5-7-13(9-12)20-2/h5-10,17H,1-4H3. The normalized spacial score (nSPS) is 11.0. The molecule has 0 spiro atoms. The molecule has 0 atom stereocenters. The van der Waals surface area contributed by atoms with Crippen LogP contribution in [-0.4, -0.2) is 29.7 Å². The summed E-state index contributed by atoms with van der Waals surface area (Å²) in [6, 6.07) is 9.76. The summed E-state index contributed by atoms with van der Waals surface area (Å²) in [5, 5.41) is 0. The molecule has 0 aliphatic heterocycles. The molecule has 0 amide bonds. The van der Waals surface area contributed by atoms with E-state index in [-0.39, 0.29) is 4.90 Å². The highest BCUT2D eigenvalue weighted by Gasteiger charge is 2.20. The van der Waals surface area contributed by atoms with Crippen molar-refractivity contribution in [3.63, 3.8) is 0 Å². The summed E-state index contributed by atoms with van der Waals surface area (Å²) in [6.45, 7) is 1.70. The summed E-state index contributed by atoms with van der Waals surface area (Å²) in [5.74, 6) is 1.39. The second kappa shape index (κ2) is 6.78. The third-order valence-corrected chi connectivity index (χ3v) is 4.82. The van der Waals surface area contributed by atoms with Crippen LogP contribution < -0.4 is 18.9 Å². The Bertz CT molecular complexity index is 802. The molecule has 1 N–H and O–H groups in total. The summed E-state index contributed by atoms with van der Waals surface area (Å²) in [6.07, 6.45) is 0. The molecule has 0 aliphatic carbocycles. The Hall–Kier alpha value is -2.41. The van der Waals surface area contributed by atoms with Crippen LogP contribution in [0.15, 0.2) is 41.3 Å². The summed E-state index contributed by atoms with van der Waals surface area (Å²) in [7, 11) is 0.710. The van der Waals surface area contributed by atoms with Gasteiger partial charge in [0.05, 0.1) is 31.9 Å². The largest absolute Gasteiger partial charge is 0.497 e. The van der Waals surface area contributed by atoms with Crippen LogP contribution in [-0.2, 0) is 10.0 Å². The number of hydrogen-bond acceptors (Lipinski definition) is 5. The van der Waals surface area contributed by atoms with E-state index in [9.17, 15) is 8.42 Å². The molecule has 0 fully saturated rings. The fourth-order valence-electron chi connectivity index (χ4n) is 2.15. The molecule has 2 rings (SSSR count). The zero-order valence-corrected chi connectivity index (χ0v) is 14.2. The molecule has 7 heteroatoms. The second-order valence-corrected chi connectivity index (χ2v) is 6.46. The Balaban J connectivity index is 2.43. The average Bonchev–Trinajstić information content (AvgIpc) is 2.53. The third kappa shape index (κ3) is 3.68. The van der Waals surface area contributed by atoms with E-state index in [0.717, 1.165) is 0 Å². The minimum Gasteiger partial charge on any atom is -0.497 e. The molecule has 6 nitrogen and oxygen atoms in total. The van der Waals surface area contributed by atoms with Crippen molar-refractivity contribution in [1.29, 1.82) is 0 Å². The molecule has 2 aromatic rings. The fraction of sp³-hybridized carbons (Fsp3) is 0.250. The van der Waals surface area contributed by atoms with E-state index < -0.39 is 10.0 Å². The lowest BCUT2D eigenvalue weighted by Crippen LogP contribution is -2.14. The molecule has 0 radical (unpaired) electrons. The van der Waals surface area contributed by atoms with Crippen LogP contribution in [0.25, 0.3) is 0 Å². The van der Waals surface area contributed by atoms with E-state index in [0.29, 0.717) is 28.5 Å². The van der Waals surface area contributed by atoms with Crippen molar-refractivity contribution in [1.82, 2.24) is 0 Å². The Morgan fingerprint density at radius 1 is 0.913 bits per heavy atom. The number of methoxy groups -OCH3 is 3. The van der Waals surface area contributed by atoms with Crippen LogP contribution in [0.4, 0.5) is 5.69 Å². The molecule has 0 bridgehead atoms. The van der Waals surface area contributed by atoms with Gasteiger partial charge in [0.1, 0.15) is 5.75 Å². The highest BCUT2D eigenvalue weighted by atomic mass is 32.2. The molecule has 0 aliphatic rings. The minimum absolute atomic E-state index is 0.123. The van der Waals surface area contributed by atoms with E-state index in [4.69, 9.17) is 14.2 Å². The second-order valence-electron chi connectivity index (χ2n) is 4.81. The molecule has 23 heavy (non-hydrogen) atoms. The Morgan fingerprint density at radius 3 is 2.17 bits per heavy atom. The molecule has 0 unspecified atom stereocenters. The van der Waals surface area contributed by atoms with E-state index in [2.05, 4.69) is 4.72 Å². The van der Waals surface area contributed by atoms with Crippen molar-refractivity contribution in [3.05, 3.63) is 42.0 Å². The number of anilines is 1. The smallest absolute Gasteiger partial charge is 0.262 e. The van der Waals surface area contributed by atoms with Crippen molar-refractivity contribution in [3.8, 4) is 17.2 Å². The quantitative estimate of drug-likeness (QED) is 0.877. The van der Waals surface area contributed by atoms with Gasteiger partial charge in [-0.15, -0.1) is 0 Å². The van der Waals surface area contributed by atoms with Crippen LogP contribution >= 0.6 is 0 Å². The third-order valence-electron chi connectivity index (χ3n) is 3.29. The van der Waals surface area contributed by atoms with E-state index in [1.807, 2.05) is 0 Å². The fourth-order valence-corrected chi connectivity index (χ4v) is 3.44. The maximum Gasteiger partial charge on any atom is 0.262 e. The lowest BCUT2D eigenvalue weighted by atomic mass is 10.2. The number of aryl methyl sites for hydroxylation is 1. The van der Waals surface area contributed by atoms with Crippen molar-refractivity contribution in [2.45, 2.75) is 11.8 Å². The van der Waals surface area contributed by atoms with Gasteiger partial charge in [0.15, 0.2) is 11.5 Å². The number of nitrogens with one attached hydrogen (secondary N) is 1. The van der Waals surface area contributed by atoms with Gasteiger partial charge in [-0.1, -0.05) is 6.07 Å². The number of rotatable bonds is 6. The molecule has 0 saturated carbocycles. The highest BCUT2D eigenvalue weighted by Crippen LogP contribution is 2.33. The average molecular weight is 337 g/mol. The number of ether oxygens (including phenoxy) is 3. The molecule has 0 saturated heterocycles. The van der Waals surface area contributed by atoms with Crippen LogP contribution in [0.3, 0.4) is 0 Å². The zero-order valence-electron chi connectivity index (χ0n) is 13.4. The molecular weight excluding hydrogens is 318 g/mol. The summed E-state index contributed by atoms with van der Waals surface area (Å²) in [4.78, 5) is 0.123. The molecule has 2 aromatic carbocycles. The van der Waals surface area contributed by atoms with Crippen molar-refractivity contribution < 1.29 is 22.6 Å². The van der Waals surface area contributed by atoms with Gasteiger partial charge in [0.25, 0.3) is 10.0 Å². The van der Waals surface area contributed by atoms with E-state index in [1.165, 1.54) is 27.4 Å². The van der Waals surface area contributed by atoms with Gasteiger partial charge < -0.3 is 14.2 Å². The van der Waals surface area contributed by atoms with Crippen molar-refractivity contribution >= 4 is 15.7 Å². The molecule has 0 heterocycles. The first-order valence-corrected chi connectivity index (χ1v) is 8.29. The maximum atomic E-state index is 12.6. The Labute approximate surface area is 136 Å². The highest BCUT2D eigenvalue weighted by molar-refractivity contribution is 7.92. The summed E-state index contributed by atoms with van der Waals surface area (Å²) in [5.41, 5.74) is 0.969. The first-order chi connectivity index (χ1) is 10.9. The summed E-state index contributed by atoms with van der Waals surface area (Å²) < 4.78 is 43.3. The lowest BCUT2D eigenvalue weighted by molar-refractivity contribution is 0.353. The van der Waals surface area contributed by atoms with Crippen LogP contribution in [0.2, 0.25) is 0 Å². The molecular formula is C16H19NO5S. The first-order valence-electron chi connectivity index (χ1n) is 6.80. The summed E-state index contributed by atoms with van der Waals surface area (Å²) >= 11 is 0. The minimum atomic E-state index is -3.77. The van der Waals surface area contributed by atoms with Crippen LogP contribution in [0.1, 0.15) is 5.56 Å². The Kier molecular flexibility index (Phi) is 5.00. The SMILES string of the molecule is COc1cccc(NS(=O)(=O)c2cc(OC)c(OC)cc2C)c1. The van der Waals surface area contributed by atoms with Gasteiger partial charge in [-0.25, -0.2) is 8.42 Å². The topological polar surface area (TPSA) is 73.9 Å². The van der Waals surface area contributed by atoms with E-state index in [1.54, 1.807) is 37.3 Å². The van der Waals surface area contributed by atoms with Gasteiger partial charge in [-0.2, -0.15) is 0 Å². The zero-order chi connectivity index (χ0) is 17.0. The van der Waals surface area contributed by atoms with Gasteiger partial charge in [-0.3, -0.25) is 4.72 Å². The first kappa shape index (κ1) is 17.0. The molecule has 0 aromatic heterocycles. The van der Waals surface area contributed by atoms with Gasteiger partial charge in [0.2, 0.25) is 0 Å². The van der Waals surface area contributed by atoms with Crippen molar-refractivity contribution in [2.75, 3.05) is 26.1 Å². The number of sulfonamides is 1. The van der Waals surface area contributed by atoms with Gasteiger partial charge in [0, 0.05) is 12.1 Å². The van der Waals surface area contributed by atoms with E-state index >= 15 is 0 Å².